The number of benzene rings is 2. The molecule has 0 aliphatic heterocycles. The lowest BCUT2D eigenvalue weighted by atomic mass is 10.1. The van der Waals surface area contributed by atoms with E-state index in [-0.39, 0.29) is 5.82 Å². The monoisotopic (exact) mass is 350 g/mol. The summed E-state index contributed by atoms with van der Waals surface area (Å²) in [6.07, 6.45) is 1.52. The van der Waals surface area contributed by atoms with Gasteiger partial charge in [-0.05, 0) is 43.9 Å². The maximum atomic E-state index is 13.9. The van der Waals surface area contributed by atoms with Crippen LogP contribution in [0.15, 0.2) is 53.2 Å². The van der Waals surface area contributed by atoms with Crippen LogP contribution in [-0.4, -0.2) is 29.0 Å². The molecule has 0 saturated heterocycles. The van der Waals surface area contributed by atoms with E-state index in [1.165, 1.54) is 12.4 Å². The average Bonchev–Trinajstić information content (AvgIpc) is 3.01. The molecule has 2 aromatic heterocycles. The molecule has 26 heavy (non-hydrogen) atoms. The van der Waals surface area contributed by atoms with Crippen LogP contribution in [0.25, 0.3) is 22.1 Å². The fraction of sp³-hybridized carbons (Fsp3) is 0.200. The molecule has 2 aromatic carbocycles. The van der Waals surface area contributed by atoms with Crippen LogP contribution in [0, 0.1) is 5.82 Å². The average molecular weight is 350 g/mol. The van der Waals surface area contributed by atoms with Crippen molar-refractivity contribution in [3.05, 3.63) is 65.7 Å². The number of hydrogen-bond donors (Lipinski definition) is 1. The molecule has 132 valence electrons. The number of fused-ring (bicyclic) bond motifs is 3. The minimum atomic E-state index is -0.191. The van der Waals surface area contributed by atoms with Crippen LogP contribution in [0.5, 0.6) is 0 Å². The second kappa shape index (κ2) is 6.72. The Morgan fingerprint density at radius 3 is 2.81 bits per heavy atom. The highest BCUT2D eigenvalue weighted by Crippen LogP contribution is 2.30. The summed E-state index contributed by atoms with van der Waals surface area (Å²) in [6.45, 7) is 1.07. The largest absolute Gasteiger partial charge is 0.450 e. The Balaban J connectivity index is 1.62. The highest BCUT2D eigenvalue weighted by Gasteiger charge is 2.13. The van der Waals surface area contributed by atoms with E-state index in [9.17, 15) is 4.39 Å². The van der Waals surface area contributed by atoms with Gasteiger partial charge in [-0.2, -0.15) is 0 Å². The van der Waals surface area contributed by atoms with E-state index in [0.717, 1.165) is 22.0 Å². The van der Waals surface area contributed by atoms with Gasteiger partial charge in [-0.3, -0.25) is 0 Å². The third-order valence-corrected chi connectivity index (χ3v) is 4.21. The van der Waals surface area contributed by atoms with Crippen LogP contribution in [0.2, 0.25) is 0 Å². The lowest BCUT2D eigenvalue weighted by Gasteiger charge is -2.12. The first-order valence-corrected chi connectivity index (χ1v) is 8.40. The number of aromatic nitrogens is 2. The molecule has 1 N–H and O–H groups in total. The van der Waals surface area contributed by atoms with Crippen molar-refractivity contribution < 1.29 is 8.81 Å². The minimum Gasteiger partial charge on any atom is -0.450 e. The van der Waals surface area contributed by atoms with Gasteiger partial charge >= 0.3 is 0 Å². The van der Waals surface area contributed by atoms with E-state index in [1.54, 1.807) is 6.07 Å². The van der Waals surface area contributed by atoms with Gasteiger partial charge in [-0.15, -0.1) is 0 Å². The minimum absolute atomic E-state index is 0.191. The number of para-hydroxylation sites is 1. The predicted octanol–water partition coefficient (Wildman–Crippen LogP) is 4.19. The Morgan fingerprint density at radius 1 is 1.12 bits per heavy atom. The summed E-state index contributed by atoms with van der Waals surface area (Å²) < 4.78 is 19.9. The van der Waals surface area contributed by atoms with Crippen LogP contribution < -0.4 is 5.32 Å². The van der Waals surface area contributed by atoms with Gasteiger partial charge in [0.2, 0.25) is 0 Å². The number of furan rings is 1. The highest BCUT2D eigenvalue weighted by atomic mass is 19.1. The summed E-state index contributed by atoms with van der Waals surface area (Å²) in [7, 11) is 3.84. The van der Waals surface area contributed by atoms with Crippen molar-refractivity contribution in [3.8, 4) is 0 Å². The van der Waals surface area contributed by atoms with E-state index in [4.69, 9.17) is 4.42 Å². The molecule has 5 nitrogen and oxygen atoms in total. The van der Waals surface area contributed by atoms with E-state index in [2.05, 4.69) is 15.3 Å². The van der Waals surface area contributed by atoms with Crippen LogP contribution in [-0.2, 0) is 13.1 Å². The molecule has 4 aromatic rings. The second-order valence-corrected chi connectivity index (χ2v) is 6.52. The van der Waals surface area contributed by atoms with Crippen LogP contribution in [0.3, 0.4) is 0 Å². The van der Waals surface area contributed by atoms with Crippen molar-refractivity contribution in [1.29, 1.82) is 0 Å². The SMILES string of the molecule is CN(C)Cc1cc(CNc2ncnc3c2oc2ccccc23)ccc1F. The normalized spacial score (nSPS) is 11.5. The fourth-order valence-electron chi connectivity index (χ4n) is 3.04. The molecule has 4 rings (SSSR count). The van der Waals surface area contributed by atoms with Gasteiger partial charge in [0.25, 0.3) is 0 Å². The quantitative estimate of drug-likeness (QED) is 0.585. The summed E-state index contributed by atoms with van der Waals surface area (Å²) in [6, 6.07) is 12.9. The molecule has 0 bridgehead atoms. The maximum absolute atomic E-state index is 13.9. The molecule has 0 saturated carbocycles. The van der Waals surface area contributed by atoms with Gasteiger partial charge in [-0.25, -0.2) is 14.4 Å². The van der Waals surface area contributed by atoms with E-state index in [0.29, 0.717) is 30.1 Å². The molecule has 0 amide bonds. The first-order valence-electron chi connectivity index (χ1n) is 8.40. The number of hydrogen-bond acceptors (Lipinski definition) is 5. The molecule has 0 atom stereocenters. The lowest BCUT2D eigenvalue weighted by Crippen LogP contribution is -2.12. The van der Waals surface area contributed by atoms with Gasteiger partial charge in [-0.1, -0.05) is 18.2 Å². The standard InChI is InChI=1S/C20H19FN4O/c1-25(2)11-14-9-13(7-8-16(14)21)10-22-20-19-18(23-12-24-20)15-5-3-4-6-17(15)26-19/h3-9,12H,10-11H2,1-2H3,(H,22,23,24). The lowest BCUT2D eigenvalue weighted by molar-refractivity contribution is 0.392. The highest BCUT2D eigenvalue weighted by molar-refractivity contribution is 6.05. The number of rotatable bonds is 5. The van der Waals surface area contributed by atoms with Crippen LogP contribution in [0.4, 0.5) is 10.2 Å². The van der Waals surface area contributed by atoms with Crippen molar-refractivity contribution in [2.45, 2.75) is 13.1 Å². The Hall–Kier alpha value is -2.99. The van der Waals surface area contributed by atoms with E-state index < -0.39 is 0 Å². The van der Waals surface area contributed by atoms with Gasteiger partial charge < -0.3 is 14.6 Å². The molecule has 0 spiro atoms. The number of anilines is 1. The maximum Gasteiger partial charge on any atom is 0.196 e. The van der Waals surface area contributed by atoms with Crippen molar-refractivity contribution in [2.75, 3.05) is 19.4 Å². The van der Waals surface area contributed by atoms with Crippen molar-refractivity contribution in [2.24, 2.45) is 0 Å². The zero-order valence-corrected chi connectivity index (χ0v) is 14.7. The van der Waals surface area contributed by atoms with Crippen molar-refractivity contribution >= 4 is 27.9 Å². The summed E-state index contributed by atoms with van der Waals surface area (Å²) >= 11 is 0. The number of nitrogens with one attached hydrogen (secondary N) is 1. The van der Waals surface area contributed by atoms with E-state index in [1.807, 2.05) is 49.3 Å². The zero-order chi connectivity index (χ0) is 18.1. The molecule has 0 radical (unpaired) electrons. The molecule has 2 heterocycles. The molecule has 0 fully saturated rings. The summed E-state index contributed by atoms with van der Waals surface area (Å²) in [5.74, 6) is 0.439. The predicted molar refractivity (Wildman–Crippen MR) is 100 cm³/mol. The molecule has 0 aliphatic rings. The first kappa shape index (κ1) is 16.5. The number of halogens is 1. The fourth-order valence-corrected chi connectivity index (χ4v) is 3.04. The Labute approximate surface area is 150 Å². The third kappa shape index (κ3) is 3.11. The van der Waals surface area contributed by atoms with Crippen molar-refractivity contribution in [3.63, 3.8) is 0 Å². The third-order valence-electron chi connectivity index (χ3n) is 4.21. The van der Waals surface area contributed by atoms with Crippen LogP contribution >= 0.6 is 0 Å². The van der Waals surface area contributed by atoms with Gasteiger partial charge in [0.05, 0.1) is 0 Å². The Bertz CT molecular complexity index is 1070. The van der Waals surface area contributed by atoms with Gasteiger partial charge in [0, 0.05) is 24.0 Å². The van der Waals surface area contributed by atoms with E-state index >= 15 is 0 Å². The molecule has 0 aliphatic carbocycles. The van der Waals surface area contributed by atoms with Gasteiger partial charge in [0.15, 0.2) is 11.4 Å². The summed E-state index contributed by atoms with van der Waals surface area (Å²) in [4.78, 5) is 10.6. The summed E-state index contributed by atoms with van der Waals surface area (Å²) in [5, 5.41) is 4.25. The van der Waals surface area contributed by atoms with Crippen molar-refractivity contribution in [1.82, 2.24) is 14.9 Å². The number of nitrogens with zero attached hydrogens (tertiary/aromatic N) is 3. The Morgan fingerprint density at radius 2 is 1.96 bits per heavy atom. The topological polar surface area (TPSA) is 54.2 Å². The summed E-state index contributed by atoms with van der Waals surface area (Å²) in [5.41, 5.74) is 3.84. The molecule has 6 heteroatoms. The smallest absolute Gasteiger partial charge is 0.196 e. The first-order chi connectivity index (χ1) is 12.6. The Kier molecular flexibility index (Phi) is 4.26. The molecular formula is C20H19FN4O. The molecular weight excluding hydrogens is 331 g/mol. The van der Waals surface area contributed by atoms with Gasteiger partial charge in [0.1, 0.15) is 23.2 Å². The molecule has 0 unspecified atom stereocenters. The van der Waals surface area contributed by atoms with Crippen LogP contribution in [0.1, 0.15) is 11.1 Å². The second-order valence-electron chi connectivity index (χ2n) is 6.52. The zero-order valence-electron chi connectivity index (χ0n) is 14.7.